The van der Waals surface area contributed by atoms with Gasteiger partial charge in [-0.2, -0.15) is 0 Å². The van der Waals surface area contributed by atoms with Crippen molar-refractivity contribution in [3.8, 4) is 0 Å². The number of hydrogen-bond acceptors (Lipinski definition) is 4. The van der Waals surface area contributed by atoms with Crippen molar-refractivity contribution in [3.05, 3.63) is 16.7 Å². The highest BCUT2D eigenvalue weighted by Crippen LogP contribution is 2.31. The highest BCUT2D eigenvalue weighted by Gasteiger charge is 2.24. The molecule has 0 aliphatic carbocycles. The van der Waals surface area contributed by atoms with Gasteiger partial charge in [0.25, 0.3) is 0 Å². The largest absolute Gasteiger partial charge is 0.397 e. The second-order valence-corrected chi connectivity index (χ2v) is 5.28. The zero-order chi connectivity index (χ0) is 12.3. The average Bonchev–Trinajstić information content (AvgIpc) is 2.31. The van der Waals surface area contributed by atoms with Crippen molar-refractivity contribution in [1.82, 2.24) is 4.98 Å². The van der Waals surface area contributed by atoms with Crippen LogP contribution >= 0.6 is 15.9 Å². The Morgan fingerprint density at radius 3 is 3.06 bits per heavy atom. The molecule has 0 aromatic carbocycles. The van der Waals surface area contributed by atoms with Gasteiger partial charge in [0.1, 0.15) is 5.82 Å². The average molecular weight is 300 g/mol. The predicted octanol–water partition coefficient (Wildman–Crippen LogP) is 2.17. The Morgan fingerprint density at radius 1 is 1.53 bits per heavy atom. The molecule has 0 amide bonds. The molecule has 94 valence electrons. The first-order valence-electron chi connectivity index (χ1n) is 6.01. The minimum atomic E-state index is 0.230. The van der Waals surface area contributed by atoms with Gasteiger partial charge >= 0.3 is 0 Å². The second kappa shape index (κ2) is 5.69. The van der Waals surface area contributed by atoms with E-state index in [2.05, 4.69) is 25.8 Å². The topological polar surface area (TPSA) is 62.4 Å². The van der Waals surface area contributed by atoms with Gasteiger partial charge in [-0.05, 0) is 47.7 Å². The molecule has 1 atom stereocenters. The number of hydrogen-bond donors (Lipinski definition) is 2. The Balaban J connectivity index is 2.23. The third-order valence-electron chi connectivity index (χ3n) is 3.20. The summed E-state index contributed by atoms with van der Waals surface area (Å²) in [7, 11) is 0. The van der Waals surface area contributed by atoms with E-state index in [0.717, 1.165) is 29.7 Å². The summed E-state index contributed by atoms with van der Waals surface area (Å²) in [5.41, 5.74) is 6.36. The van der Waals surface area contributed by atoms with Crippen LogP contribution in [-0.4, -0.2) is 29.3 Å². The zero-order valence-corrected chi connectivity index (χ0v) is 11.4. The van der Waals surface area contributed by atoms with Gasteiger partial charge in [-0.25, -0.2) is 4.98 Å². The molecule has 1 unspecified atom stereocenters. The molecule has 1 aromatic rings. The molecule has 2 heterocycles. The highest BCUT2D eigenvalue weighted by molar-refractivity contribution is 9.10. The van der Waals surface area contributed by atoms with Gasteiger partial charge < -0.3 is 15.7 Å². The molecule has 0 spiro atoms. The van der Waals surface area contributed by atoms with E-state index in [4.69, 9.17) is 10.8 Å². The summed E-state index contributed by atoms with van der Waals surface area (Å²) in [5, 5.41) is 9.12. The van der Waals surface area contributed by atoms with Crippen LogP contribution in [0.15, 0.2) is 16.7 Å². The number of nitrogens with zero attached hydrogens (tertiary/aromatic N) is 2. The Morgan fingerprint density at radius 2 is 2.35 bits per heavy atom. The van der Waals surface area contributed by atoms with E-state index in [1.165, 1.54) is 12.8 Å². The van der Waals surface area contributed by atoms with Crippen molar-refractivity contribution in [3.63, 3.8) is 0 Å². The molecule has 4 nitrogen and oxygen atoms in total. The lowest BCUT2D eigenvalue weighted by molar-refractivity contribution is 0.262. The normalized spacial score (nSPS) is 20.6. The van der Waals surface area contributed by atoms with Gasteiger partial charge in [0.2, 0.25) is 0 Å². The number of nitrogens with two attached hydrogens (primary N) is 1. The number of halogens is 1. The third kappa shape index (κ3) is 2.90. The molecule has 5 heteroatoms. The number of anilines is 2. The first kappa shape index (κ1) is 12.6. The molecule has 1 fully saturated rings. The number of piperidine rings is 1. The number of nitrogen functional groups attached to an aromatic ring is 1. The molecule has 0 radical (unpaired) electrons. The van der Waals surface area contributed by atoms with Crippen molar-refractivity contribution in [2.45, 2.75) is 31.7 Å². The van der Waals surface area contributed by atoms with Gasteiger partial charge in [0.05, 0.1) is 16.4 Å². The quantitative estimate of drug-likeness (QED) is 0.898. The molecule has 1 aliphatic rings. The van der Waals surface area contributed by atoms with Crippen LogP contribution in [0.1, 0.15) is 25.7 Å². The maximum atomic E-state index is 9.12. The fraction of sp³-hybridized carbons (Fsp3) is 0.583. The van der Waals surface area contributed by atoms with E-state index in [1.54, 1.807) is 6.20 Å². The minimum absolute atomic E-state index is 0.230. The molecule has 1 aromatic heterocycles. The van der Waals surface area contributed by atoms with Gasteiger partial charge in [-0.15, -0.1) is 0 Å². The fourth-order valence-corrected chi connectivity index (χ4v) is 2.98. The molecule has 0 bridgehead atoms. The Bertz CT molecular complexity index is 384. The van der Waals surface area contributed by atoms with Crippen LogP contribution in [0.5, 0.6) is 0 Å². The van der Waals surface area contributed by atoms with Crippen LogP contribution in [-0.2, 0) is 0 Å². The molecule has 1 saturated heterocycles. The molecule has 1 aliphatic heterocycles. The van der Waals surface area contributed by atoms with Crippen LogP contribution in [0, 0.1) is 0 Å². The number of aliphatic hydroxyl groups excluding tert-OH is 1. The summed E-state index contributed by atoms with van der Waals surface area (Å²) in [6, 6.07) is 2.27. The summed E-state index contributed by atoms with van der Waals surface area (Å²) in [4.78, 5) is 6.69. The lowest BCUT2D eigenvalue weighted by Crippen LogP contribution is -2.40. The third-order valence-corrected chi connectivity index (χ3v) is 3.79. The molecule has 3 N–H and O–H groups in total. The lowest BCUT2D eigenvalue weighted by Gasteiger charge is -2.37. The predicted molar refractivity (Wildman–Crippen MR) is 73.0 cm³/mol. The van der Waals surface area contributed by atoms with Crippen LogP contribution in [0.25, 0.3) is 0 Å². The summed E-state index contributed by atoms with van der Waals surface area (Å²) >= 11 is 3.51. The van der Waals surface area contributed by atoms with E-state index in [1.807, 2.05) is 6.07 Å². The van der Waals surface area contributed by atoms with Gasteiger partial charge in [0, 0.05) is 19.2 Å². The van der Waals surface area contributed by atoms with Gasteiger partial charge in [-0.3, -0.25) is 0 Å². The molecule has 0 saturated carbocycles. The molecular weight excluding hydrogens is 282 g/mol. The van der Waals surface area contributed by atoms with Gasteiger partial charge in [-0.1, -0.05) is 0 Å². The highest BCUT2D eigenvalue weighted by atomic mass is 79.9. The Hall–Kier alpha value is -0.810. The SMILES string of the molecule is Nc1cnc(N2CCCCC2CCO)c(Br)c1. The summed E-state index contributed by atoms with van der Waals surface area (Å²) < 4.78 is 0.933. The number of aromatic nitrogens is 1. The van der Waals surface area contributed by atoms with E-state index in [9.17, 15) is 0 Å². The summed E-state index contributed by atoms with van der Waals surface area (Å²) in [5.74, 6) is 0.942. The molecule has 2 rings (SSSR count). The fourth-order valence-electron chi connectivity index (χ4n) is 2.39. The Labute approximate surface area is 110 Å². The first-order chi connectivity index (χ1) is 8.22. The smallest absolute Gasteiger partial charge is 0.143 e. The van der Waals surface area contributed by atoms with Crippen LogP contribution in [0.2, 0.25) is 0 Å². The van der Waals surface area contributed by atoms with Crippen molar-refractivity contribution in [1.29, 1.82) is 0 Å². The van der Waals surface area contributed by atoms with Gasteiger partial charge in [0.15, 0.2) is 0 Å². The van der Waals surface area contributed by atoms with Crippen LogP contribution in [0.4, 0.5) is 11.5 Å². The van der Waals surface area contributed by atoms with Crippen molar-refractivity contribution >= 4 is 27.4 Å². The maximum absolute atomic E-state index is 9.12. The van der Waals surface area contributed by atoms with E-state index in [-0.39, 0.29) is 6.61 Å². The number of pyridine rings is 1. The lowest BCUT2D eigenvalue weighted by atomic mass is 9.99. The van der Waals surface area contributed by atoms with Crippen LogP contribution in [0.3, 0.4) is 0 Å². The number of aliphatic hydroxyl groups is 1. The monoisotopic (exact) mass is 299 g/mol. The van der Waals surface area contributed by atoms with Crippen LogP contribution < -0.4 is 10.6 Å². The van der Waals surface area contributed by atoms with Crippen molar-refractivity contribution < 1.29 is 5.11 Å². The summed E-state index contributed by atoms with van der Waals surface area (Å²) in [6.45, 7) is 1.23. The van der Waals surface area contributed by atoms with E-state index >= 15 is 0 Å². The first-order valence-corrected chi connectivity index (χ1v) is 6.80. The molecule has 17 heavy (non-hydrogen) atoms. The van der Waals surface area contributed by atoms with Crippen molar-refractivity contribution in [2.24, 2.45) is 0 Å². The molecular formula is C12H18BrN3O. The van der Waals surface area contributed by atoms with E-state index < -0.39 is 0 Å². The number of rotatable bonds is 3. The maximum Gasteiger partial charge on any atom is 0.143 e. The van der Waals surface area contributed by atoms with E-state index in [0.29, 0.717) is 11.7 Å². The van der Waals surface area contributed by atoms with Crippen molar-refractivity contribution in [2.75, 3.05) is 23.8 Å². The Kier molecular flexibility index (Phi) is 4.23. The summed E-state index contributed by atoms with van der Waals surface area (Å²) in [6.07, 6.45) is 6.02. The second-order valence-electron chi connectivity index (χ2n) is 4.43. The standard InChI is InChI=1S/C12H18BrN3O/c13-11-7-9(14)8-15-12(11)16-5-2-1-3-10(16)4-6-17/h7-8,10,17H,1-6,14H2. The zero-order valence-electron chi connectivity index (χ0n) is 9.77. The minimum Gasteiger partial charge on any atom is -0.397 e.